The maximum absolute atomic E-state index is 9.27. The fourth-order valence-corrected chi connectivity index (χ4v) is 3.76. The van der Waals surface area contributed by atoms with Gasteiger partial charge >= 0.3 is 0 Å². The molecular weight excluding hydrogens is 417 g/mol. The normalized spacial score (nSPS) is 16.5. The third-order valence-electron chi connectivity index (χ3n) is 4.66. The maximum atomic E-state index is 9.27. The molecule has 1 atom stereocenters. The summed E-state index contributed by atoms with van der Waals surface area (Å²) in [5.41, 5.74) is 2.68. The number of nitriles is 1. The second-order valence-electron chi connectivity index (χ2n) is 6.53. The monoisotopic (exact) mass is 433 g/mol. The summed E-state index contributed by atoms with van der Waals surface area (Å²) < 4.78 is 0. The molecule has 28 heavy (non-hydrogen) atoms. The van der Waals surface area contributed by atoms with E-state index < -0.39 is 0 Å². The lowest BCUT2D eigenvalue weighted by molar-refractivity contribution is 0.522. The van der Waals surface area contributed by atoms with Gasteiger partial charge in [0.25, 0.3) is 0 Å². The lowest BCUT2D eigenvalue weighted by Gasteiger charge is -2.32. The molecule has 0 amide bonds. The molecule has 1 aliphatic heterocycles. The van der Waals surface area contributed by atoms with Crippen LogP contribution in [-0.4, -0.2) is 35.6 Å². The minimum absolute atomic E-state index is 0. The first-order valence-corrected chi connectivity index (χ1v) is 9.42. The van der Waals surface area contributed by atoms with Crippen LogP contribution in [0.1, 0.15) is 5.82 Å². The van der Waals surface area contributed by atoms with Gasteiger partial charge in [-0.15, -0.1) is 12.4 Å². The third kappa shape index (κ3) is 4.01. The summed E-state index contributed by atoms with van der Waals surface area (Å²) in [5, 5.41) is 14.7. The van der Waals surface area contributed by atoms with Crippen LogP contribution in [0.2, 0.25) is 10.0 Å². The van der Waals surface area contributed by atoms with Crippen molar-refractivity contribution < 1.29 is 0 Å². The molecule has 0 aliphatic carbocycles. The fraction of sp³-hybridized carbons (Fsp3) is 0.250. The van der Waals surface area contributed by atoms with Crippen molar-refractivity contribution >= 4 is 52.3 Å². The summed E-state index contributed by atoms with van der Waals surface area (Å²) in [6, 6.07) is 13.6. The van der Waals surface area contributed by atoms with Crippen LogP contribution in [0.4, 0.5) is 5.82 Å². The van der Waals surface area contributed by atoms with E-state index in [0.717, 1.165) is 40.9 Å². The zero-order valence-electron chi connectivity index (χ0n) is 15.1. The van der Waals surface area contributed by atoms with Crippen LogP contribution in [0, 0.1) is 18.3 Å². The van der Waals surface area contributed by atoms with Crippen LogP contribution in [-0.2, 0) is 0 Å². The lowest BCUT2D eigenvalue weighted by atomic mass is 10.0. The van der Waals surface area contributed by atoms with Crippen LogP contribution in [0.3, 0.4) is 0 Å². The van der Waals surface area contributed by atoms with Gasteiger partial charge in [0.05, 0.1) is 16.6 Å². The number of halogens is 3. The highest BCUT2D eigenvalue weighted by Gasteiger charge is 2.23. The maximum Gasteiger partial charge on any atom is 0.140 e. The average Bonchev–Trinajstić information content (AvgIpc) is 2.67. The number of rotatable bonds is 2. The molecule has 5 nitrogen and oxygen atoms in total. The molecule has 2 heterocycles. The minimum atomic E-state index is -0.216. The van der Waals surface area contributed by atoms with Gasteiger partial charge in [0, 0.05) is 35.6 Å². The van der Waals surface area contributed by atoms with E-state index in [4.69, 9.17) is 23.2 Å². The van der Waals surface area contributed by atoms with E-state index in [1.54, 1.807) is 0 Å². The first kappa shape index (κ1) is 20.6. The number of nitrogens with one attached hydrogen (secondary N) is 1. The SMILES string of the molecule is Cc1nc(N2CCNC(C#N)C2)c2cc(-c3ccc(Cl)cc3)c(Cl)cc2n1.Cl. The van der Waals surface area contributed by atoms with E-state index in [9.17, 15) is 5.26 Å². The number of nitrogens with zero attached hydrogens (tertiary/aromatic N) is 4. The molecule has 4 rings (SSSR count). The number of benzene rings is 2. The van der Waals surface area contributed by atoms with Crippen molar-refractivity contribution in [3.8, 4) is 17.2 Å². The van der Waals surface area contributed by atoms with Crippen molar-refractivity contribution in [2.24, 2.45) is 0 Å². The van der Waals surface area contributed by atoms with E-state index in [0.29, 0.717) is 22.4 Å². The van der Waals surface area contributed by atoms with Gasteiger partial charge in [0.2, 0.25) is 0 Å². The van der Waals surface area contributed by atoms with E-state index in [-0.39, 0.29) is 18.4 Å². The van der Waals surface area contributed by atoms with Crippen LogP contribution < -0.4 is 10.2 Å². The molecule has 0 radical (unpaired) electrons. The van der Waals surface area contributed by atoms with Gasteiger partial charge in [-0.25, -0.2) is 9.97 Å². The Kier molecular flexibility index (Phi) is 6.26. The van der Waals surface area contributed by atoms with Gasteiger partial charge in [-0.1, -0.05) is 35.3 Å². The predicted molar refractivity (Wildman–Crippen MR) is 117 cm³/mol. The Labute approximate surface area is 179 Å². The Morgan fingerprint density at radius 2 is 1.93 bits per heavy atom. The highest BCUT2D eigenvalue weighted by atomic mass is 35.5. The van der Waals surface area contributed by atoms with Gasteiger partial charge in [-0.05, 0) is 36.8 Å². The quantitative estimate of drug-likeness (QED) is 0.637. The number of hydrogen-bond acceptors (Lipinski definition) is 5. The summed E-state index contributed by atoms with van der Waals surface area (Å²) in [7, 11) is 0. The molecule has 0 spiro atoms. The molecular formula is C20H18Cl3N5. The van der Waals surface area contributed by atoms with Crippen LogP contribution in [0.5, 0.6) is 0 Å². The van der Waals surface area contributed by atoms with Crippen molar-refractivity contribution in [3.05, 3.63) is 52.3 Å². The molecule has 0 saturated carbocycles. The first-order chi connectivity index (χ1) is 13.0. The van der Waals surface area contributed by atoms with E-state index in [1.807, 2.05) is 43.3 Å². The third-order valence-corrected chi connectivity index (χ3v) is 5.23. The Bertz CT molecular complexity index is 1050. The van der Waals surface area contributed by atoms with Gasteiger partial charge in [-0.3, -0.25) is 5.32 Å². The van der Waals surface area contributed by atoms with E-state index >= 15 is 0 Å². The number of aryl methyl sites for hydroxylation is 1. The summed E-state index contributed by atoms with van der Waals surface area (Å²) in [4.78, 5) is 11.4. The number of piperazine rings is 1. The van der Waals surface area contributed by atoms with Crippen molar-refractivity contribution in [1.29, 1.82) is 5.26 Å². The molecule has 2 aromatic carbocycles. The standard InChI is InChI=1S/C20H17Cl2N5.ClH/c1-12-25-19-9-18(22)16(13-2-4-14(21)5-3-13)8-17(19)20(26-12)27-7-6-24-15(10-23)11-27;/h2-5,8-9,15,24H,6-7,11H2,1H3;1H. The zero-order chi connectivity index (χ0) is 19.0. The van der Waals surface area contributed by atoms with Crippen molar-refractivity contribution in [2.45, 2.75) is 13.0 Å². The second-order valence-corrected chi connectivity index (χ2v) is 7.38. The molecule has 8 heteroatoms. The minimum Gasteiger partial charge on any atom is -0.352 e. The molecule has 0 bridgehead atoms. The van der Waals surface area contributed by atoms with Gasteiger partial charge in [0.15, 0.2) is 0 Å². The first-order valence-electron chi connectivity index (χ1n) is 8.67. The summed E-state index contributed by atoms with van der Waals surface area (Å²) >= 11 is 12.6. The molecule has 1 unspecified atom stereocenters. The number of fused-ring (bicyclic) bond motifs is 1. The Balaban J connectivity index is 0.00000225. The Hall–Kier alpha value is -2.10. The second kappa shape index (κ2) is 8.50. The van der Waals surface area contributed by atoms with Gasteiger partial charge in [-0.2, -0.15) is 5.26 Å². The highest BCUT2D eigenvalue weighted by molar-refractivity contribution is 6.34. The smallest absolute Gasteiger partial charge is 0.140 e. The Morgan fingerprint density at radius 1 is 1.18 bits per heavy atom. The topological polar surface area (TPSA) is 64.8 Å². The molecule has 1 N–H and O–H groups in total. The highest BCUT2D eigenvalue weighted by Crippen LogP contribution is 2.35. The zero-order valence-corrected chi connectivity index (χ0v) is 17.4. The van der Waals surface area contributed by atoms with Crippen LogP contribution in [0.25, 0.3) is 22.0 Å². The Morgan fingerprint density at radius 3 is 2.64 bits per heavy atom. The van der Waals surface area contributed by atoms with Crippen LogP contribution in [0.15, 0.2) is 36.4 Å². The van der Waals surface area contributed by atoms with E-state index in [2.05, 4.69) is 26.3 Å². The molecule has 144 valence electrons. The predicted octanol–water partition coefficient (Wildman–Crippen LogP) is 4.64. The summed E-state index contributed by atoms with van der Waals surface area (Å²) in [6.07, 6.45) is 0. The van der Waals surface area contributed by atoms with Crippen LogP contribution >= 0.6 is 35.6 Å². The summed E-state index contributed by atoms with van der Waals surface area (Å²) in [5.74, 6) is 1.52. The molecule has 1 fully saturated rings. The fourth-order valence-electron chi connectivity index (χ4n) is 3.37. The molecule has 1 saturated heterocycles. The van der Waals surface area contributed by atoms with Crippen molar-refractivity contribution in [1.82, 2.24) is 15.3 Å². The molecule has 1 aromatic heterocycles. The average molecular weight is 435 g/mol. The molecule has 3 aromatic rings. The number of aromatic nitrogens is 2. The molecule has 1 aliphatic rings. The van der Waals surface area contributed by atoms with Crippen molar-refractivity contribution in [3.63, 3.8) is 0 Å². The number of anilines is 1. The lowest BCUT2D eigenvalue weighted by Crippen LogP contribution is -2.50. The largest absolute Gasteiger partial charge is 0.352 e. The number of hydrogen-bond donors (Lipinski definition) is 1. The summed E-state index contributed by atoms with van der Waals surface area (Å²) in [6.45, 7) is 3.97. The van der Waals surface area contributed by atoms with Crippen molar-refractivity contribution in [2.75, 3.05) is 24.5 Å². The van der Waals surface area contributed by atoms with E-state index in [1.165, 1.54) is 0 Å². The van der Waals surface area contributed by atoms with Gasteiger partial charge in [0.1, 0.15) is 17.7 Å². The van der Waals surface area contributed by atoms with Gasteiger partial charge < -0.3 is 4.90 Å².